The van der Waals surface area contributed by atoms with E-state index in [0.29, 0.717) is 6.42 Å². The molecule has 5 nitrogen and oxygen atoms in total. The van der Waals surface area contributed by atoms with Crippen molar-refractivity contribution in [2.45, 2.75) is 44.7 Å². The van der Waals surface area contributed by atoms with Crippen molar-refractivity contribution in [1.82, 2.24) is 15.5 Å². The smallest absolute Gasteiger partial charge is 0.244 e. The van der Waals surface area contributed by atoms with Gasteiger partial charge in [0.2, 0.25) is 11.8 Å². The molecule has 1 fully saturated rings. The first-order chi connectivity index (χ1) is 11.1. The lowest BCUT2D eigenvalue weighted by Gasteiger charge is -2.30. The van der Waals surface area contributed by atoms with Crippen molar-refractivity contribution >= 4 is 11.8 Å². The number of benzene rings is 1. The Hall–Kier alpha value is -1.88. The van der Waals surface area contributed by atoms with Gasteiger partial charge < -0.3 is 15.5 Å². The molecule has 0 aliphatic carbocycles. The lowest BCUT2D eigenvalue weighted by atomic mass is 10.0. The molecule has 2 amide bonds. The number of amides is 2. The van der Waals surface area contributed by atoms with E-state index in [4.69, 9.17) is 0 Å². The Morgan fingerprint density at radius 3 is 2.39 bits per heavy atom. The number of carbonyl (C=O) groups excluding carboxylic acids is 2. The maximum atomic E-state index is 12.4. The molecule has 0 spiro atoms. The number of carbonyl (C=O) groups is 2. The van der Waals surface area contributed by atoms with Crippen LogP contribution in [-0.2, 0) is 16.0 Å². The van der Waals surface area contributed by atoms with Gasteiger partial charge in [-0.1, -0.05) is 30.3 Å². The summed E-state index contributed by atoms with van der Waals surface area (Å²) in [6.45, 7) is 3.38. The number of hydrogen-bond donors (Lipinski definition) is 2. The summed E-state index contributed by atoms with van der Waals surface area (Å²) in [5.74, 6) is -0.109. The highest BCUT2D eigenvalue weighted by atomic mass is 16.2. The molecule has 0 unspecified atom stereocenters. The van der Waals surface area contributed by atoms with E-state index in [2.05, 4.69) is 10.6 Å². The van der Waals surface area contributed by atoms with Crippen LogP contribution in [0.3, 0.4) is 0 Å². The van der Waals surface area contributed by atoms with Crippen LogP contribution in [0.1, 0.15) is 31.7 Å². The van der Waals surface area contributed by atoms with Crippen LogP contribution in [-0.4, -0.2) is 48.9 Å². The molecule has 1 saturated heterocycles. The van der Waals surface area contributed by atoms with Crippen molar-refractivity contribution in [2.75, 3.05) is 20.1 Å². The average molecular weight is 317 g/mol. The first-order valence-electron chi connectivity index (χ1n) is 8.42. The summed E-state index contributed by atoms with van der Waals surface area (Å²) in [6, 6.07) is 9.06. The summed E-state index contributed by atoms with van der Waals surface area (Å²) < 4.78 is 0. The number of nitrogens with zero attached hydrogens (tertiary/aromatic N) is 1. The molecule has 2 N–H and O–H groups in total. The zero-order chi connectivity index (χ0) is 16.7. The lowest BCUT2D eigenvalue weighted by molar-refractivity contribution is -0.137. The normalized spacial score (nSPS) is 17.4. The van der Waals surface area contributed by atoms with Gasteiger partial charge in [0.15, 0.2) is 0 Å². The Morgan fingerprint density at radius 1 is 1.13 bits per heavy atom. The molecule has 1 aromatic rings. The van der Waals surface area contributed by atoms with E-state index in [1.807, 2.05) is 35.2 Å². The fourth-order valence-corrected chi connectivity index (χ4v) is 2.94. The summed E-state index contributed by atoms with van der Waals surface area (Å²) in [5, 5.41) is 5.89. The summed E-state index contributed by atoms with van der Waals surface area (Å²) in [5.41, 5.74) is 1.09. The van der Waals surface area contributed by atoms with Gasteiger partial charge in [-0.2, -0.15) is 0 Å². The quantitative estimate of drug-likeness (QED) is 0.832. The largest absolute Gasteiger partial charge is 0.343 e. The molecule has 23 heavy (non-hydrogen) atoms. The third-order valence-electron chi connectivity index (χ3n) is 4.34. The second kappa shape index (κ2) is 8.67. The standard InChI is InChI=1S/C18H27N3O2/c1-14(18(23)21-11-7-4-8-12-21)20-17(22)16(19-2)13-15-9-5-3-6-10-15/h3,5-6,9-10,14,16,19H,4,7-8,11-13H2,1-2H3,(H,20,22)/t14-,16-/m0/s1. The molecular weight excluding hydrogens is 290 g/mol. The minimum Gasteiger partial charge on any atom is -0.343 e. The number of hydrogen-bond acceptors (Lipinski definition) is 3. The van der Waals surface area contributed by atoms with Crippen molar-refractivity contribution < 1.29 is 9.59 Å². The fraction of sp³-hybridized carbons (Fsp3) is 0.556. The number of likely N-dealkylation sites (N-methyl/N-ethyl adjacent to an activating group) is 1. The van der Waals surface area contributed by atoms with E-state index in [-0.39, 0.29) is 17.9 Å². The molecule has 1 heterocycles. The summed E-state index contributed by atoms with van der Waals surface area (Å²) in [4.78, 5) is 26.7. The second-order valence-corrected chi connectivity index (χ2v) is 6.15. The molecule has 0 saturated carbocycles. The van der Waals surface area contributed by atoms with E-state index in [0.717, 1.165) is 31.5 Å². The van der Waals surface area contributed by atoms with Crippen molar-refractivity contribution in [3.8, 4) is 0 Å². The third-order valence-corrected chi connectivity index (χ3v) is 4.34. The van der Waals surface area contributed by atoms with Gasteiger partial charge in [-0.25, -0.2) is 0 Å². The maximum absolute atomic E-state index is 12.4. The Morgan fingerprint density at radius 2 is 1.78 bits per heavy atom. The van der Waals surface area contributed by atoms with Crippen molar-refractivity contribution in [3.63, 3.8) is 0 Å². The summed E-state index contributed by atoms with van der Waals surface area (Å²) in [6.07, 6.45) is 3.90. The highest BCUT2D eigenvalue weighted by Crippen LogP contribution is 2.10. The molecule has 1 aromatic carbocycles. The number of piperidine rings is 1. The van der Waals surface area contributed by atoms with Crippen molar-refractivity contribution in [3.05, 3.63) is 35.9 Å². The predicted molar refractivity (Wildman–Crippen MR) is 91.0 cm³/mol. The summed E-state index contributed by atoms with van der Waals surface area (Å²) >= 11 is 0. The molecule has 1 aliphatic rings. The number of nitrogens with one attached hydrogen (secondary N) is 2. The van der Waals surface area contributed by atoms with Gasteiger partial charge in [0, 0.05) is 13.1 Å². The molecular formula is C18H27N3O2. The van der Waals surface area contributed by atoms with E-state index < -0.39 is 6.04 Å². The van der Waals surface area contributed by atoms with Crippen LogP contribution in [0.25, 0.3) is 0 Å². The van der Waals surface area contributed by atoms with Gasteiger partial charge in [-0.3, -0.25) is 9.59 Å². The molecule has 2 atom stereocenters. The van der Waals surface area contributed by atoms with Gasteiger partial charge >= 0.3 is 0 Å². The lowest BCUT2D eigenvalue weighted by Crippen LogP contribution is -2.53. The Labute approximate surface area is 138 Å². The zero-order valence-corrected chi connectivity index (χ0v) is 14.0. The molecule has 0 bridgehead atoms. The molecule has 0 radical (unpaired) electrons. The monoisotopic (exact) mass is 317 g/mol. The summed E-state index contributed by atoms with van der Waals surface area (Å²) in [7, 11) is 1.77. The number of likely N-dealkylation sites (tertiary alicyclic amines) is 1. The topological polar surface area (TPSA) is 61.4 Å². The van der Waals surface area contributed by atoms with E-state index in [1.54, 1.807) is 14.0 Å². The highest BCUT2D eigenvalue weighted by molar-refractivity contribution is 5.89. The van der Waals surface area contributed by atoms with Gasteiger partial charge in [0.05, 0.1) is 6.04 Å². The molecule has 5 heteroatoms. The highest BCUT2D eigenvalue weighted by Gasteiger charge is 2.25. The zero-order valence-electron chi connectivity index (χ0n) is 14.0. The first-order valence-corrected chi connectivity index (χ1v) is 8.42. The van der Waals surface area contributed by atoms with E-state index >= 15 is 0 Å². The van der Waals surface area contributed by atoms with E-state index in [1.165, 1.54) is 6.42 Å². The predicted octanol–water partition coefficient (Wildman–Crippen LogP) is 1.33. The second-order valence-electron chi connectivity index (χ2n) is 6.15. The molecule has 0 aromatic heterocycles. The van der Waals surface area contributed by atoms with Crippen LogP contribution < -0.4 is 10.6 Å². The Balaban J connectivity index is 1.89. The van der Waals surface area contributed by atoms with Gasteiger partial charge in [0.25, 0.3) is 0 Å². The minimum atomic E-state index is -0.479. The average Bonchev–Trinajstić information content (AvgIpc) is 2.60. The van der Waals surface area contributed by atoms with Crippen LogP contribution in [0.4, 0.5) is 0 Å². The Bertz CT molecular complexity index is 512. The molecule has 126 valence electrons. The first kappa shape index (κ1) is 17.5. The fourth-order valence-electron chi connectivity index (χ4n) is 2.94. The van der Waals surface area contributed by atoms with Crippen LogP contribution >= 0.6 is 0 Å². The molecule has 1 aliphatic heterocycles. The van der Waals surface area contributed by atoms with Crippen LogP contribution in [0, 0.1) is 0 Å². The molecule has 2 rings (SSSR count). The van der Waals surface area contributed by atoms with Crippen molar-refractivity contribution in [2.24, 2.45) is 0 Å². The van der Waals surface area contributed by atoms with Crippen LogP contribution in [0.5, 0.6) is 0 Å². The maximum Gasteiger partial charge on any atom is 0.244 e. The van der Waals surface area contributed by atoms with Crippen LogP contribution in [0.2, 0.25) is 0 Å². The van der Waals surface area contributed by atoms with Gasteiger partial charge in [-0.15, -0.1) is 0 Å². The van der Waals surface area contributed by atoms with Crippen molar-refractivity contribution in [1.29, 1.82) is 0 Å². The Kier molecular flexibility index (Phi) is 6.59. The minimum absolute atomic E-state index is 0.0209. The SMILES string of the molecule is CN[C@@H](Cc1ccccc1)C(=O)N[C@@H](C)C(=O)N1CCCCC1. The number of rotatable bonds is 6. The van der Waals surface area contributed by atoms with Gasteiger partial charge in [0.1, 0.15) is 6.04 Å². The van der Waals surface area contributed by atoms with E-state index in [9.17, 15) is 9.59 Å². The van der Waals surface area contributed by atoms with Gasteiger partial charge in [-0.05, 0) is 45.2 Å². The van der Waals surface area contributed by atoms with Crippen LogP contribution in [0.15, 0.2) is 30.3 Å². The third kappa shape index (κ3) is 5.06.